The Morgan fingerprint density at radius 1 is 1.44 bits per heavy atom. The van der Waals surface area contributed by atoms with Crippen LogP contribution in [-0.2, 0) is 10.0 Å². The molecule has 4 nitrogen and oxygen atoms in total. The zero-order valence-electron chi connectivity index (χ0n) is 10.5. The summed E-state index contributed by atoms with van der Waals surface area (Å²) >= 11 is 4.86. The van der Waals surface area contributed by atoms with Gasteiger partial charge in [-0.15, -0.1) is 0 Å². The van der Waals surface area contributed by atoms with Gasteiger partial charge in [0.1, 0.15) is 4.99 Å². The summed E-state index contributed by atoms with van der Waals surface area (Å²) in [5, 5.41) is 0. The fourth-order valence-corrected chi connectivity index (χ4v) is 3.01. The Kier molecular flexibility index (Phi) is 5.25. The first kappa shape index (κ1) is 15.1. The molecule has 1 aromatic carbocycles. The van der Waals surface area contributed by atoms with E-state index < -0.39 is 10.0 Å². The second-order valence-corrected chi connectivity index (χ2v) is 6.40. The third-order valence-electron chi connectivity index (χ3n) is 2.76. The van der Waals surface area contributed by atoms with E-state index in [-0.39, 0.29) is 15.8 Å². The maximum Gasteiger partial charge on any atom is 0.241 e. The Bertz CT molecular complexity index is 527. The van der Waals surface area contributed by atoms with Gasteiger partial charge in [0.2, 0.25) is 10.0 Å². The zero-order chi connectivity index (χ0) is 13.8. The van der Waals surface area contributed by atoms with Crippen molar-refractivity contribution in [1.82, 2.24) is 4.72 Å². The van der Waals surface area contributed by atoms with Crippen LogP contribution in [0, 0.1) is 5.92 Å². The average molecular weight is 286 g/mol. The molecule has 0 aromatic heterocycles. The van der Waals surface area contributed by atoms with Gasteiger partial charge in [-0.25, -0.2) is 13.1 Å². The highest BCUT2D eigenvalue weighted by molar-refractivity contribution is 7.89. The Labute approximate surface area is 114 Å². The van der Waals surface area contributed by atoms with E-state index in [0.717, 1.165) is 6.42 Å². The maximum absolute atomic E-state index is 12.2. The lowest BCUT2D eigenvalue weighted by Crippen LogP contribution is -2.30. The van der Waals surface area contributed by atoms with E-state index in [4.69, 9.17) is 18.0 Å². The first-order chi connectivity index (χ1) is 8.38. The number of benzene rings is 1. The molecule has 1 unspecified atom stereocenters. The van der Waals surface area contributed by atoms with Crippen LogP contribution in [-0.4, -0.2) is 20.0 Å². The molecule has 0 heterocycles. The monoisotopic (exact) mass is 286 g/mol. The summed E-state index contributed by atoms with van der Waals surface area (Å²) in [4.78, 5) is 0.223. The number of sulfonamides is 1. The molecule has 0 saturated carbocycles. The molecule has 0 aliphatic heterocycles. The average Bonchev–Trinajstić information content (AvgIpc) is 2.36. The highest BCUT2D eigenvalue weighted by Gasteiger charge is 2.19. The first-order valence-electron chi connectivity index (χ1n) is 5.77. The standard InChI is InChI=1S/C12H18N2O2S2/c1-3-9(2)8-14-18(15,16)11-7-5-4-6-10(11)12(13)17/h4-7,9,14H,3,8H2,1-2H3,(H2,13,17). The Balaban J connectivity index is 3.02. The zero-order valence-corrected chi connectivity index (χ0v) is 12.1. The van der Waals surface area contributed by atoms with Crippen LogP contribution in [0.25, 0.3) is 0 Å². The van der Waals surface area contributed by atoms with Crippen LogP contribution in [0.2, 0.25) is 0 Å². The van der Waals surface area contributed by atoms with Crippen LogP contribution < -0.4 is 10.5 Å². The van der Waals surface area contributed by atoms with E-state index in [0.29, 0.717) is 12.1 Å². The second-order valence-electron chi connectivity index (χ2n) is 4.23. The number of hydrogen-bond acceptors (Lipinski definition) is 3. The first-order valence-corrected chi connectivity index (χ1v) is 7.66. The minimum atomic E-state index is -3.56. The molecule has 3 N–H and O–H groups in total. The number of nitrogens with one attached hydrogen (secondary N) is 1. The number of thiocarbonyl (C=S) groups is 1. The summed E-state index contributed by atoms with van der Waals surface area (Å²) in [7, 11) is -3.56. The van der Waals surface area contributed by atoms with Crippen LogP contribution in [0.5, 0.6) is 0 Å². The topological polar surface area (TPSA) is 72.2 Å². The van der Waals surface area contributed by atoms with Crippen molar-refractivity contribution >= 4 is 27.2 Å². The van der Waals surface area contributed by atoms with Gasteiger partial charge in [-0.1, -0.05) is 50.7 Å². The Hall–Kier alpha value is -0.980. The van der Waals surface area contributed by atoms with Gasteiger partial charge in [-0.05, 0) is 12.0 Å². The molecule has 1 aromatic rings. The highest BCUT2D eigenvalue weighted by atomic mass is 32.2. The van der Waals surface area contributed by atoms with Gasteiger partial charge in [0.15, 0.2) is 0 Å². The summed E-state index contributed by atoms with van der Waals surface area (Å²) in [6.45, 7) is 4.41. The van der Waals surface area contributed by atoms with Crippen molar-refractivity contribution in [2.75, 3.05) is 6.54 Å². The van der Waals surface area contributed by atoms with Gasteiger partial charge < -0.3 is 5.73 Å². The number of nitrogens with two attached hydrogens (primary N) is 1. The van der Waals surface area contributed by atoms with Crippen LogP contribution in [0.15, 0.2) is 29.2 Å². The highest BCUT2D eigenvalue weighted by Crippen LogP contribution is 2.15. The van der Waals surface area contributed by atoms with Gasteiger partial charge in [0.05, 0.1) is 4.90 Å². The summed E-state index contributed by atoms with van der Waals surface area (Å²) in [5.74, 6) is 0.289. The normalized spacial score (nSPS) is 13.2. The van der Waals surface area contributed by atoms with Crippen LogP contribution in [0.1, 0.15) is 25.8 Å². The van der Waals surface area contributed by atoms with Crippen LogP contribution >= 0.6 is 12.2 Å². The molecule has 1 atom stereocenters. The molecular formula is C12H18N2O2S2. The molecule has 1 rings (SSSR count). The van der Waals surface area contributed by atoms with Crippen molar-refractivity contribution in [2.45, 2.75) is 25.2 Å². The van der Waals surface area contributed by atoms with E-state index >= 15 is 0 Å². The van der Waals surface area contributed by atoms with Crippen molar-refractivity contribution < 1.29 is 8.42 Å². The SMILES string of the molecule is CCC(C)CNS(=O)(=O)c1ccccc1C(N)=S. The molecule has 0 aliphatic carbocycles. The molecule has 6 heteroatoms. The molecule has 0 aliphatic rings. The smallest absolute Gasteiger partial charge is 0.241 e. The molecule has 18 heavy (non-hydrogen) atoms. The van der Waals surface area contributed by atoms with Crippen molar-refractivity contribution in [3.05, 3.63) is 29.8 Å². The van der Waals surface area contributed by atoms with Gasteiger partial charge in [-0.3, -0.25) is 0 Å². The van der Waals surface area contributed by atoms with Crippen molar-refractivity contribution in [2.24, 2.45) is 11.7 Å². The lowest BCUT2D eigenvalue weighted by atomic mass is 10.1. The van der Waals surface area contributed by atoms with Crippen molar-refractivity contribution in [3.8, 4) is 0 Å². The van der Waals surface area contributed by atoms with E-state index in [2.05, 4.69) is 4.72 Å². The van der Waals surface area contributed by atoms with Gasteiger partial charge in [-0.2, -0.15) is 0 Å². The molecule has 0 saturated heterocycles. The van der Waals surface area contributed by atoms with Crippen LogP contribution in [0.3, 0.4) is 0 Å². The molecule has 0 fully saturated rings. The predicted molar refractivity (Wildman–Crippen MR) is 77.0 cm³/mol. The molecule has 100 valence electrons. The van der Waals surface area contributed by atoms with Gasteiger partial charge in [0, 0.05) is 12.1 Å². The van der Waals surface area contributed by atoms with Crippen molar-refractivity contribution in [3.63, 3.8) is 0 Å². The fraction of sp³-hybridized carbons (Fsp3) is 0.417. The summed E-state index contributed by atoms with van der Waals surface area (Å²) in [5.41, 5.74) is 5.91. The van der Waals surface area contributed by atoms with E-state index in [1.54, 1.807) is 18.2 Å². The Morgan fingerprint density at radius 2 is 2.06 bits per heavy atom. The third-order valence-corrected chi connectivity index (χ3v) is 4.46. The summed E-state index contributed by atoms with van der Waals surface area (Å²) < 4.78 is 26.9. The van der Waals surface area contributed by atoms with Crippen LogP contribution in [0.4, 0.5) is 0 Å². The lowest BCUT2D eigenvalue weighted by molar-refractivity contribution is 0.528. The Morgan fingerprint density at radius 3 is 2.61 bits per heavy atom. The minimum absolute atomic E-state index is 0.0829. The van der Waals surface area contributed by atoms with Gasteiger partial charge >= 0.3 is 0 Å². The third kappa shape index (κ3) is 3.76. The minimum Gasteiger partial charge on any atom is -0.389 e. The lowest BCUT2D eigenvalue weighted by Gasteiger charge is -2.13. The predicted octanol–water partition coefficient (Wildman–Crippen LogP) is 1.65. The second kappa shape index (κ2) is 6.26. The molecule has 0 amide bonds. The van der Waals surface area contributed by atoms with Crippen molar-refractivity contribution in [1.29, 1.82) is 0 Å². The largest absolute Gasteiger partial charge is 0.389 e. The fourth-order valence-electron chi connectivity index (χ4n) is 1.38. The molecular weight excluding hydrogens is 268 g/mol. The quantitative estimate of drug-likeness (QED) is 0.780. The molecule has 0 radical (unpaired) electrons. The van der Waals surface area contributed by atoms with E-state index in [1.807, 2.05) is 13.8 Å². The van der Waals surface area contributed by atoms with E-state index in [1.165, 1.54) is 6.07 Å². The molecule has 0 bridgehead atoms. The molecule has 0 spiro atoms. The number of rotatable bonds is 6. The summed E-state index contributed by atoms with van der Waals surface area (Å²) in [6.07, 6.45) is 0.916. The van der Waals surface area contributed by atoms with Gasteiger partial charge in [0.25, 0.3) is 0 Å². The van der Waals surface area contributed by atoms with E-state index in [9.17, 15) is 8.42 Å². The number of hydrogen-bond donors (Lipinski definition) is 2. The summed E-state index contributed by atoms with van der Waals surface area (Å²) in [6, 6.07) is 6.48. The maximum atomic E-state index is 12.2.